The Labute approximate surface area is 135 Å². The Morgan fingerprint density at radius 1 is 1.19 bits per heavy atom. The third-order valence-electron chi connectivity index (χ3n) is 2.89. The molecule has 3 nitrogen and oxygen atoms in total. The van der Waals surface area contributed by atoms with Gasteiger partial charge in [-0.2, -0.15) is 0 Å². The zero-order valence-electron chi connectivity index (χ0n) is 12.4. The zero-order chi connectivity index (χ0) is 15.5. The van der Waals surface area contributed by atoms with Crippen LogP contribution in [0.2, 0.25) is 10.0 Å². The summed E-state index contributed by atoms with van der Waals surface area (Å²) in [6.07, 6.45) is 1.66. The summed E-state index contributed by atoms with van der Waals surface area (Å²) in [4.78, 5) is 0. The molecule has 2 aromatic rings. The van der Waals surface area contributed by atoms with E-state index in [1.165, 1.54) is 0 Å². The summed E-state index contributed by atoms with van der Waals surface area (Å²) < 4.78 is 11.2. The van der Waals surface area contributed by atoms with E-state index in [0.29, 0.717) is 28.9 Å². The molecule has 0 saturated carbocycles. The first-order valence-corrected chi connectivity index (χ1v) is 7.49. The van der Waals surface area contributed by atoms with Gasteiger partial charge in [-0.1, -0.05) is 23.2 Å². The van der Waals surface area contributed by atoms with Crippen LogP contribution in [-0.2, 0) is 13.2 Å². The topological polar surface area (TPSA) is 34.4 Å². The molecule has 0 aliphatic heterocycles. The molecule has 0 saturated heterocycles. The summed E-state index contributed by atoms with van der Waals surface area (Å²) in [7, 11) is 0. The minimum Gasteiger partial charge on any atom is -0.487 e. The molecule has 0 fully saturated rings. The van der Waals surface area contributed by atoms with Crippen LogP contribution in [0, 0.1) is 0 Å². The van der Waals surface area contributed by atoms with Crippen molar-refractivity contribution in [2.75, 3.05) is 0 Å². The van der Waals surface area contributed by atoms with Crippen molar-refractivity contribution in [1.82, 2.24) is 5.32 Å². The molecule has 0 aliphatic carbocycles. The number of ether oxygens (including phenoxy) is 1. The van der Waals surface area contributed by atoms with Crippen molar-refractivity contribution < 1.29 is 9.15 Å². The third-order valence-corrected chi connectivity index (χ3v) is 3.44. The third kappa shape index (κ3) is 4.95. The van der Waals surface area contributed by atoms with E-state index in [2.05, 4.69) is 26.1 Å². The molecule has 1 N–H and O–H groups in total. The summed E-state index contributed by atoms with van der Waals surface area (Å²) in [6.45, 7) is 7.36. The largest absolute Gasteiger partial charge is 0.487 e. The first kappa shape index (κ1) is 16.2. The molecule has 0 radical (unpaired) electrons. The van der Waals surface area contributed by atoms with Crippen LogP contribution in [0.5, 0.6) is 5.75 Å². The van der Waals surface area contributed by atoms with E-state index in [0.717, 1.165) is 11.3 Å². The number of benzene rings is 1. The van der Waals surface area contributed by atoms with Crippen LogP contribution in [-0.4, -0.2) is 5.54 Å². The highest BCUT2D eigenvalue weighted by Gasteiger charge is 2.13. The van der Waals surface area contributed by atoms with Gasteiger partial charge in [-0.05, 0) is 39.0 Å². The standard InChI is InChI=1S/C16H19Cl2NO2/c1-16(2,3)19-9-15-11(6-7-20-15)10-21-14-8-12(17)4-5-13(14)18/h4-8,19H,9-10H2,1-3H3. The number of rotatable bonds is 5. The summed E-state index contributed by atoms with van der Waals surface area (Å²) in [5.74, 6) is 1.43. The van der Waals surface area contributed by atoms with E-state index >= 15 is 0 Å². The Hall–Kier alpha value is -1.16. The van der Waals surface area contributed by atoms with Crippen molar-refractivity contribution >= 4 is 23.2 Å². The SMILES string of the molecule is CC(C)(C)NCc1occc1COc1cc(Cl)ccc1Cl. The fourth-order valence-electron chi connectivity index (χ4n) is 1.74. The van der Waals surface area contributed by atoms with Gasteiger partial charge in [0.1, 0.15) is 18.1 Å². The van der Waals surface area contributed by atoms with Crippen molar-refractivity contribution in [3.8, 4) is 5.75 Å². The highest BCUT2D eigenvalue weighted by Crippen LogP contribution is 2.28. The molecule has 114 valence electrons. The molecule has 0 aliphatic rings. The first-order valence-electron chi connectivity index (χ1n) is 6.73. The fraction of sp³-hybridized carbons (Fsp3) is 0.375. The van der Waals surface area contributed by atoms with Gasteiger partial charge in [0, 0.05) is 22.2 Å². The maximum absolute atomic E-state index is 6.08. The van der Waals surface area contributed by atoms with Gasteiger partial charge in [-0.25, -0.2) is 0 Å². The predicted octanol–water partition coefficient (Wildman–Crippen LogP) is 5.05. The smallest absolute Gasteiger partial charge is 0.139 e. The molecular weight excluding hydrogens is 309 g/mol. The highest BCUT2D eigenvalue weighted by atomic mass is 35.5. The van der Waals surface area contributed by atoms with Crippen molar-refractivity contribution in [3.05, 3.63) is 51.9 Å². The number of furan rings is 1. The molecule has 0 atom stereocenters. The molecule has 5 heteroatoms. The number of hydrogen-bond donors (Lipinski definition) is 1. The predicted molar refractivity (Wildman–Crippen MR) is 86.1 cm³/mol. The lowest BCUT2D eigenvalue weighted by Gasteiger charge is -2.20. The van der Waals surface area contributed by atoms with Gasteiger partial charge in [0.25, 0.3) is 0 Å². The van der Waals surface area contributed by atoms with Crippen molar-refractivity contribution in [2.45, 2.75) is 39.5 Å². The maximum Gasteiger partial charge on any atom is 0.139 e. The molecule has 1 heterocycles. The molecule has 21 heavy (non-hydrogen) atoms. The lowest BCUT2D eigenvalue weighted by atomic mass is 10.1. The van der Waals surface area contributed by atoms with Gasteiger partial charge < -0.3 is 14.5 Å². The minimum absolute atomic E-state index is 0.0289. The maximum atomic E-state index is 6.08. The van der Waals surface area contributed by atoms with Gasteiger partial charge in [0.05, 0.1) is 17.8 Å². The molecule has 0 bridgehead atoms. The Morgan fingerprint density at radius 2 is 1.95 bits per heavy atom. The van der Waals surface area contributed by atoms with Crippen molar-refractivity contribution in [3.63, 3.8) is 0 Å². The lowest BCUT2D eigenvalue weighted by Crippen LogP contribution is -2.35. The molecule has 0 amide bonds. The van der Waals surface area contributed by atoms with Crippen LogP contribution in [0.1, 0.15) is 32.1 Å². The summed E-state index contributed by atoms with van der Waals surface area (Å²) in [5.41, 5.74) is 1.02. The average Bonchev–Trinajstić information content (AvgIpc) is 2.84. The quantitative estimate of drug-likeness (QED) is 0.834. The normalized spacial score (nSPS) is 11.7. The van der Waals surface area contributed by atoms with Crippen LogP contribution in [0.15, 0.2) is 34.9 Å². The van der Waals surface area contributed by atoms with Crippen molar-refractivity contribution in [2.24, 2.45) is 0 Å². The second-order valence-electron chi connectivity index (χ2n) is 5.84. The van der Waals surface area contributed by atoms with E-state index in [1.54, 1.807) is 24.5 Å². The van der Waals surface area contributed by atoms with Gasteiger partial charge in [0.2, 0.25) is 0 Å². The van der Waals surface area contributed by atoms with Crippen LogP contribution in [0.3, 0.4) is 0 Å². The van der Waals surface area contributed by atoms with Crippen LogP contribution in [0.25, 0.3) is 0 Å². The van der Waals surface area contributed by atoms with Gasteiger partial charge in [-0.15, -0.1) is 0 Å². The van der Waals surface area contributed by atoms with E-state index in [-0.39, 0.29) is 5.54 Å². The molecule has 0 unspecified atom stereocenters. The minimum atomic E-state index is 0.0289. The van der Waals surface area contributed by atoms with Crippen LogP contribution >= 0.6 is 23.2 Å². The van der Waals surface area contributed by atoms with E-state index < -0.39 is 0 Å². The van der Waals surface area contributed by atoms with E-state index in [1.807, 2.05) is 6.07 Å². The lowest BCUT2D eigenvalue weighted by molar-refractivity contribution is 0.299. The molecule has 2 rings (SSSR count). The Morgan fingerprint density at radius 3 is 2.67 bits per heavy atom. The number of hydrogen-bond acceptors (Lipinski definition) is 3. The van der Waals surface area contributed by atoms with Gasteiger partial charge in [-0.3, -0.25) is 0 Å². The fourth-order valence-corrected chi connectivity index (χ4v) is 2.07. The van der Waals surface area contributed by atoms with E-state index in [9.17, 15) is 0 Å². The van der Waals surface area contributed by atoms with Crippen LogP contribution < -0.4 is 10.1 Å². The molecular formula is C16H19Cl2NO2. The number of nitrogens with one attached hydrogen (secondary N) is 1. The second-order valence-corrected chi connectivity index (χ2v) is 6.68. The highest BCUT2D eigenvalue weighted by molar-refractivity contribution is 6.34. The number of halogens is 2. The first-order chi connectivity index (χ1) is 9.85. The molecule has 1 aromatic heterocycles. The van der Waals surface area contributed by atoms with Crippen molar-refractivity contribution in [1.29, 1.82) is 0 Å². The average molecular weight is 328 g/mol. The van der Waals surface area contributed by atoms with Gasteiger partial charge >= 0.3 is 0 Å². The van der Waals surface area contributed by atoms with Gasteiger partial charge in [0.15, 0.2) is 0 Å². The molecule has 1 aromatic carbocycles. The Kier molecular flexibility index (Phi) is 5.20. The molecule has 0 spiro atoms. The summed E-state index contributed by atoms with van der Waals surface area (Å²) in [6, 6.07) is 7.05. The van der Waals surface area contributed by atoms with Crippen LogP contribution in [0.4, 0.5) is 0 Å². The Balaban J connectivity index is 2.01. The Bertz CT molecular complexity index is 603. The zero-order valence-corrected chi connectivity index (χ0v) is 13.9. The second kappa shape index (κ2) is 6.73. The summed E-state index contributed by atoms with van der Waals surface area (Å²) in [5, 5.41) is 4.52. The summed E-state index contributed by atoms with van der Waals surface area (Å²) >= 11 is 12.0. The monoisotopic (exact) mass is 327 g/mol. The van der Waals surface area contributed by atoms with E-state index in [4.69, 9.17) is 32.4 Å².